The highest BCUT2D eigenvalue weighted by molar-refractivity contribution is 5.98. The van der Waals surface area contributed by atoms with Gasteiger partial charge in [0.25, 0.3) is 0 Å². The third kappa shape index (κ3) is 17.3. The van der Waals surface area contributed by atoms with E-state index in [1.807, 2.05) is 13.1 Å². The Balaban J connectivity index is 1.72. The summed E-state index contributed by atoms with van der Waals surface area (Å²) in [5, 5.41) is 32.9. The average Bonchev–Trinajstić information content (AvgIpc) is 3.60. The third-order valence-electron chi connectivity index (χ3n) is 9.19. The molecule has 2 aromatic rings. The first-order valence-corrected chi connectivity index (χ1v) is 19.4. The molecule has 21 heteroatoms. The van der Waals surface area contributed by atoms with Crippen LogP contribution in [-0.4, -0.2) is 117 Å². The molecule has 1 aliphatic rings. The summed E-state index contributed by atoms with van der Waals surface area (Å²) >= 11 is 0. The van der Waals surface area contributed by atoms with Crippen molar-refractivity contribution in [1.29, 1.82) is 0 Å². The number of aryl methyl sites for hydroxylation is 2. The summed E-state index contributed by atoms with van der Waals surface area (Å²) in [6.45, 7) is 2.33. The lowest BCUT2D eigenvalue weighted by molar-refractivity contribution is -0.141. The summed E-state index contributed by atoms with van der Waals surface area (Å²) in [5.74, 6) is -5.94. The molecule has 6 amide bonds. The molecule has 0 unspecified atom stereocenters. The van der Waals surface area contributed by atoms with Gasteiger partial charge in [-0.25, -0.2) is 0 Å². The van der Waals surface area contributed by atoms with Gasteiger partial charge in [0.1, 0.15) is 24.2 Å². The van der Waals surface area contributed by atoms with Crippen LogP contribution in [0.15, 0.2) is 41.5 Å². The molecule has 1 fully saturated rings. The summed E-state index contributed by atoms with van der Waals surface area (Å²) < 4.78 is 1.77. The topological polar surface area (TPSA) is 333 Å². The second-order valence-corrected chi connectivity index (χ2v) is 14.1. The molecule has 58 heavy (non-hydrogen) atoms. The standard InChI is InChI=1S/C37H57N13O8/c1-23-22-50(49-48-23)18-9-3-6-13-25(38)32(54)41-16-8-7-14-27-34(56)45-26(15-10-17-42-37(39)40)33(55)43-21-30(51)44-29(20-31(52)53)36(58)47-28(35(57)46-27)19-24-11-4-2-5-12-24/h2,4-5,11-12,22,25-29H,3,6-10,13-21,38H2,1H3,(H,41,54)(H,43,55)(H,44,51)(H,45,56)(H,46,57)(H,47,58)(H,52,53)(H4,39,40,42)/t25-,26+,27+,28-,29+/m1/s1. The van der Waals surface area contributed by atoms with E-state index in [1.54, 1.807) is 35.0 Å². The number of amides is 6. The van der Waals surface area contributed by atoms with Gasteiger partial charge in [-0.1, -0.05) is 48.4 Å². The highest BCUT2D eigenvalue weighted by atomic mass is 16.4. The van der Waals surface area contributed by atoms with Crippen LogP contribution in [0.1, 0.15) is 75.5 Å². The van der Waals surface area contributed by atoms with Crippen molar-refractivity contribution < 1.29 is 38.7 Å². The normalized spacial score (nSPS) is 19.9. The van der Waals surface area contributed by atoms with Gasteiger partial charge in [-0.3, -0.25) is 43.2 Å². The molecule has 0 spiro atoms. The molecule has 5 atom stereocenters. The number of unbranched alkanes of at least 4 members (excludes halogenated alkanes) is 3. The predicted molar refractivity (Wildman–Crippen MR) is 211 cm³/mol. The van der Waals surface area contributed by atoms with E-state index in [0.717, 1.165) is 31.5 Å². The van der Waals surface area contributed by atoms with Crippen LogP contribution in [-0.2, 0) is 46.5 Å². The monoisotopic (exact) mass is 811 g/mol. The van der Waals surface area contributed by atoms with Crippen LogP contribution < -0.4 is 49.1 Å². The molecule has 1 aliphatic heterocycles. The number of guanidine groups is 1. The zero-order valence-corrected chi connectivity index (χ0v) is 32.8. The van der Waals surface area contributed by atoms with Crippen molar-refractivity contribution >= 4 is 47.4 Å². The molecule has 1 aromatic heterocycles. The van der Waals surface area contributed by atoms with Crippen LogP contribution in [0.4, 0.5) is 0 Å². The lowest BCUT2D eigenvalue weighted by Crippen LogP contribution is -2.58. The number of nitrogens with zero attached hydrogens (tertiary/aromatic N) is 4. The Morgan fingerprint density at radius 3 is 2.19 bits per heavy atom. The van der Waals surface area contributed by atoms with Gasteiger partial charge in [0, 0.05) is 32.3 Å². The molecule has 1 saturated heterocycles. The summed E-state index contributed by atoms with van der Waals surface area (Å²) in [6, 6.07) is 2.68. The minimum atomic E-state index is -1.60. The van der Waals surface area contributed by atoms with E-state index in [-0.39, 0.29) is 50.6 Å². The SMILES string of the molecule is Cc1cn(CCCCC[C@@H](N)C(=O)NCCCC[C@@H]2NC(=O)[C@@H](Cc3ccccc3)NC(=O)[C@H](CC(=O)O)NC(=O)CNC(=O)[C@H](CCCN=C(N)N)NC2=O)nn1. The van der Waals surface area contributed by atoms with Crippen LogP contribution in [0.25, 0.3) is 0 Å². The first kappa shape index (κ1) is 46.3. The molecule has 0 bridgehead atoms. The Morgan fingerprint density at radius 1 is 0.862 bits per heavy atom. The number of carboxylic acids is 1. The Labute approximate surface area is 336 Å². The van der Waals surface area contributed by atoms with Gasteiger partial charge in [0.2, 0.25) is 35.4 Å². The number of nitrogens with one attached hydrogen (secondary N) is 6. The fourth-order valence-corrected chi connectivity index (χ4v) is 6.10. The largest absolute Gasteiger partial charge is 0.481 e. The average molecular weight is 812 g/mol. The number of aliphatic carboxylic acids is 1. The van der Waals surface area contributed by atoms with Crippen molar-refractivity contribution in [3.8, 4) is 0 Å². The predicted octanol–water partition coefficient (Wildman–Crippen LogP) is -2.40. The number of nitrogens with two attached hydrogens (primary N) is 3. The number of carboxylic acid groups (broad SMARTS) is 1. The fraction of sp³-hybridized carbons (Fsp3) is 0.568. The molecule has 0 aliphatic carbocycles. The van der Waals surface area contributed by atoms with E-state index >= 15 is 0 Å². The summed E-state index contributed by atoms with van der Waals surface area (Å²) in [5.41, 5.74) is 18.4. The Hall–Kier alpha value is -6.12. The van der Waals surface area contributed by atoms with E-state index in [0.29, 0.717) is 24.8 Å². The molecule has 0 radical (unpaired) electrons. The van der Waals surface area contributed by atoms with Gasteiger partial charge in [-0.15, -0.1) is 5.10 Å². The molecule has 13 N–H and O–H groups in total. The van der Waals surface area contributed by atoms with Crippen molar-refractivity contribution in [1.82, 2.24) is 46.9 Å². The molecule has 3 rings (SSSR count). The fourth-order valence-electron chi connectivity index (χ4n) is 6.10. The van der Waals surface area contributed by atoms with Crippen LogP contribution >= 0.6 is 0 Å². The van der Waals surface area contributed by atoms with Gasteiger partial charge in [0.05, 0.1) is 24.7 Å². The minimum absolute atomic E-state index is 0.0399. The summed E-state index contributed by atoms with van der Waals surface area (Å²) in [6.07, 6.45) is 5.11. The van der Waals surface area contributed by atoms with Crippen LogP contribution in [0.2, 0.25) is 0 Å². The van der Waals surface area contributed by atoms with E-state index in [9.17, 15) is 38.7 Å². The zero-order valence-electron chi connectivity index (χ0n) is 32.8. The van der Waals surface area contributed by atoms with Crippen LogP contribution in [0.5, 0.6) is 0 Å². The van der Waals surface area contributed by atoms with Crippen molar-refractivity contribution in [3.05, 3.63) is 47.8 Å². The highest BCUT2D eigenvalue weighted by Crippen LogP contribution is 2.10. The molecular formula is C37H57N13O8. The Kier molecular flexibility index (Phi) is 19.5. The number of hydrogen-bond donors (Lipinski definition) is 10. The smallest absolute Gasteiger partial charge is 0.305 e. The molecule has 2 heterocycles. The molecule has 0 saturated carbocycles. The Morgan fingerprint density at radius 2 is 1.52 bits per heavy atom. The molecule has 318 valence electrons. The lowest BCUT2D eigenvalue weighted by Gasteiger charge is -2.26. The van der Waals surface area contributed by atoms with Gasteiger partial charge in [0.15, 0.2) is 5.96 Å². The zero-order chi connectivity index (χ0) is 42.5. The number of aliphatic imine (C=N–C) groups is 1. The lowest BCUT2D eigenvalue weighted by atomic mass is 10.0. The van der Waals surface area contributed by atoms with Gasteiger partial charge >= 0.3 is 5.97 Å². The molecular weight excluding hydrogens is 754 g/mol. The Bertz CT molecular complexity index is 1720. The molecule has 1 aromatic carbocycles. The van der Waals surface area contributed by atoms with Crippen molar-refractivity contribution in [3.63, 3.8) is 0 Å². The number of benzene rings is 1. The quantitative estimate of drug-likeness (QED) is 0.0379. The van der Waals surface area contributed by atoms with Crippen molar-refractivity contribution in [2.75, 3.05) is 19.6 Å². The summed E-state index contributed by atoms with van der Waals surface area (Å²) in [7, 11) is 0. The van der Waals surface area contributed by atoms with Crippen molar-refractivity contribution in [2.24, 2.45) is 22.2 Å². The summed E-state index contributed by atoms with van der Waals surface area (Å²) in [4.78, 5) is 95.5. The van der Waals surface area contributed by atoms with Gasteiger partial charge in [-0.2, -0.15) is 0 Å². The van der Waals surface area contributed by atoms with E-state index < -0.39 is 78.7 Å². The van der Waals surface area contributed by atoms with E-state index in [1.165, 1.54) is 0 Å². The number of hydrogen-bond acceptors (Lipinski definition) is 11. The number of rotatable bonds is 20. The second kappa shape index (κ2) is 24.5. The molecule has 21 nitrogen and oxygen atoms in total. The van der Waals surface area contributed by atoms with Crippen molar-refractivity contribution in [2.45, 2.75) is 114 Å². The van der Waals surface area contributed by atoms with Gasteiger partial charge < -0.3 is 54.2 Å². The van der Waals surface area contributed by atoms with Gasteiger partial charge in [-0.05, 0) is 57.4 Å². The number of aromatic nitrogens is 3. The maximum Gasteiger partial charge on any atom is 0.305 e. The number of carbonyl (C=O) groups excluding carboxylic acids is 6. The maximum absolute atomic E-state index is 13.9. The minimum Gasteiger partial charge on any atom is -0.481 e. The highest BCUT2D eigenvalue weighted by Gasteiger charge is 2.33. The maximum atomic E-state index is 13.9. The first-order chi connectivity index (χ1) is 27.7. The van der Waals surface area contributed by atoms with Crippen LogP contribution in [0, 0.1) is 6.92 Å². The van der Waals surface area contributed by atoms with E-state index in [4.69, 9.17) is 17.2 Å². The number of carbonyl (C=O) groups is 7. The first-order valence-electron chi connectivity index (χ1n) is 19.4. The van der Waals surface area contributed by atoms with Crippen LogP contribution in [0.3, 0.4) is 0 Å². The third-order valence-corrected chi connectivity index (χ3v) is 9.19. The van der Waals surface area contributed by atoms with E-state index in [2.05, 4.69) is 47.2 Å². The second-order valence-electron chi connectivity index (χ2n) is 14.1.